The van der Waals surface area contributed by atoms with Crippen LogP contribution in [0.15, 0.2) is 199 Å². The lowest BCUT2D eigenvalue weighted by molar-refractivity contribution is 0.445. The van der Waals surface area contributed by atoms with Crippen LogP contribution in [0.25, 0.3) is 77.2 Å². The second-order valence-electron chi connectivity index (χ2n) is 18.2. The Kier molecular flexibility index (Phi) is 8.97. The second-order valence-corrected chi connectivity index (χ2v) is 18.2. The number of fused-ring (bicyclic) bond motifs is 7. The summed E-state index contributed by atoms with van der Waals surface area (Å²) in [5.41, 5.74) is 19.5. The van der Waals surface area contributed by atoms with E-state index >= 15 is 0 Å². The Morgan fingerprint density at radius 2 is 1.02 bits per heavy atom. The molecule has 2 heteroatoms. The van der Waals surface area contributed by atoms with Crippen LogP contribution in [0.2, 0.25) is 0 Å². The van der Waals surface area contributed by atoms with E-state index in [1.165, 1.54) is 98.5 Å². The molecule has 0 N–H and O–H groups in total. The van der Waals surface area contributed by atoms with Gasteiger partial charge in [0.1, 0.15) is 11.2 Å². The summed E-state index contributed by atoms with van der Waals surface area (Å²) in [4.78, 5) is 2.46. The highest BCUT2D eigenvalue weighted by molar-refractivity contribution is 6.12. The molecule has 0 bridgehead atoms. The van der Waals surface area contributed by atoms with E-state index in [2.05, 4.69) is 207 Å². The zero-order valence-corrected chi connectivity index (χ0v) is 35.9. The molecule has 1 saturated carbocycles. The van der Waals surface area contributed by atoms with Crippen LogP contribution >= 0.6 is 0 Å². The number of benzene rings is 9. The van der Waals surface area contributed by atoms with Gasteiger partial charge in [-0.1, -0.05) is 185 Å². The van der Waals surface area contributed by atoms with E-state index in [9.17, 15) is 0 Å². The fourth-order valence-corrected chi connectivity index (χ4v) is 11.3. The fraction of sp³-hybridized carbons (Fsp3) is 0.148. The Hall–Kier alpha value is -7.16. The molecule has 63 heavy (non-hydrogen) atoms. The number of nitrogens with zero attached hydrogens (tertiary/aromatic N) is 1. The minimum atomic E-state index is -0.0523. The van der Waals surface area contributed by atoms with Crippen molar-refractivity contribution >= 4 is 49.8 Å². The van der Waals surface area contributed by atoms with Gasteiger partial charge in [0.05, 0.1) is 5.69 Å². The third-order valence-corrected chi connectivity index (χ3v) is 14.3. The molecule has 0 spiro atoms. The standard InChI is InChI=1S/C61H49NO/c1-61(2)53-27-9-6-21-51(53)59-47(24-14-28-54(59)61)41-32-36-44(37-33-41)62(45-38-34-42(35-39-45)48-25-15-31-57-60(48)52-22-8-11-30-56(52)63-57)55-29-10-7-20-49(55)50-26-13-19-43-18-12-23-46(58(43)50)40-16-4-3-5-17-40/h6-15,18-40H,3-5,16-17H2,1-2H3. The Balaban J connectivity index is 1.02. The van der Waals surface area contributed by atoms with Crippen molar-refractivity contribution in [1.29, 1.82) is 0 Å². The monoisotopic (exact) mass is 811 g/mol. The molecule has 2 aliphatic carbocycles. The fourth-order valence-electron chi connectivity index (χ4n) is 11.3. The first-order chi connectivity index (χ1) is 31.0. The Morgan fingerprint density at radius 3 is 1.81 bits per heavy atom. The molecule has 304 valence electrons. The molecular weight excluding hydrogens is 763 g/mol. The average molecular weight is 812 g/mol. The van der Waals surface area contributed by atoms with E-state index in [0.717, 1.165) is 44.6 Å². The molecular formula is C61H49NO. The van der Waals surface area contributed by atoms with Crippen molar-refractivity contribution in [2.24, 2.45) is 0 Å². The molecule has 0 aliphatic heterocycles. The molecule has 0 unspecified atom stereocenters. The molecule has 1 heterocycles. The predicted molar refractivity (Wildman–Crippen MR) is 266 cm³/mol. The van der Waals surface area contributed by atoms with Crippen molar-refractivity contribution in [2.75, 3.05) is 4.90 Å². The van der Waals surface area contributed by atoms with Gasteiger partial charge in [-0.25, -0.2) is 0 Å². The van der Waals surface area contributed by atoms with Crippen LogP contribution in [-0.4, -0.2) is 0 Å². The number of furan rings is 1. The number of para-hydroxylation sites is 2. The van der Waals surface area contributed by atoms with Crippen molar-refractivity contribution in [3.05, 3.63) is 211 Å². The largest absolute Gasteiger partial charge is 0.456 e. The summed E-state index contributed by atoms with van der Waals surface area (Å²) in [5, 5.41) is 5.00. The minimum Gasteiger partial charge on any atom is -0.456 e. The number of hydrogen-bond donors (Lipinski definition) is 0. The normalized spacial score (nSPS) is 14.6. The summed E-state index contributed by atoms with van der Waals surface area (Å²) in [5.74, 6) is 0.584. The lowest BCUT2D eigenvalue weighted by Gasteiger charge is -2.29. The molecule has 1 aromatic heterocycles. The average Bonchev–Trinajstić information content (AvgIpc) is 3.84. The predicted octanol–water partition coefficient (Wildman–Crippen LogP) is 17.6. The van der Waals surface area contributed by atoms with Gasteiger partial charge < -0.3 is 9.32 Å². The molecule has 0 radical (unpaired) electrons. The summed E-state index contributed by atoms with van der Waals surface area (Å²) in [6, 6.07) is 71.9. The third-order valence-electron chi connectivity index (χ3n) is 14.3. The van der Waals surface area contributed by atoms with Crippen LogP contribution in [0.4, 0.5) is 17.1 Å². The molecule has 0 amide bonds. The van der Waals surface area contributed by atoms with Gasteiger partial charge in [-0.2, -0.15) is 0 Å². The maximum absolute atomic E-state index is 6.31. The highest BCUT2D eigenvalue weighted by Crippen LogP contribution is 2.53. The summed E-state index contributed by atoms with van der Waals surface area (Å²) in [6.45, 7) is 4.72. The molecule has 10 aromatic rings. The molecule has 9 aromatic carbocycles. The first kappa shape index (κ1) is 37.6. The van der Waals surface area contributed by atoms with Gasteiger partial charge >= 0.3 is 0 Å². The molecule has 12 rings (SSSR count). The summed E-state index contributed by atoms with van der Waals surface area (Å²) in [6.07, 6.45) is 6.48. The van der Waals surface area contributed by atoms with Gasteiger partial charge in [0.25, 0.3) is 0 Å². The van der Waals surface area contributed by atoms with Gasteiger partial charge in [0.2, 0.25) is 0 Å². The highest BCUT2D eigenvalue weighted by Gasteiger charge is 2.36. The van der Waals surface area contributed by atoms with Gasteiger partial charge in [-0.15, -0.1) is 0 Å². The van der Waals surface area contributed by atoms with Crippen molar-refractivity contribution in [3.8, 4) is 44.5 Å². The van der Waals surface area contributed by atoms with Crippen molar-refractivity contribution in [1.82, 2.24) is 0 Å². The zero-order valence-electron chi connectivity index (χ0n) is 35.9. The van der Waals surface area contributed by atoms with E-state index in [-0.39, 0.29) is 5.41 Å². The van der Waals surface area contributed by atoms with Gasteiger partial charge in [0.15, 0.2) is 0 Å². The van der Waals surface area contributed by atoms with Crippen molar-refractivity contribution < 1.29 is 4.42 Å². The Morgan fingerprint density at radius 1 is 0.444 bits per heavy atom. The van der Waals surface area contributed by atoms with Gasteiger partial charge in [-0.05, 0) is 128 Å². The lowest BCUT2D eigenvalue weighted by Crippen LogP contribution is -2.14. The Bertz CT molecular complexity index is 3340. The molecule has 2 aliphatic rings. The number of anilines is 3. The van der Waals surface area contributed by atoms with E-state index < -0.39 is 0 Å². The Labute approximate surface area is 370 Å². The molecule has 2 nitrogen and oxygen atoms in total. The van der Waals surface area contributed by atoms with E-state index in [1.54, 1.807) is 0 Å². The summed E-state index contributed by atoms with van der Waals surface area (Å²) >= 11 is 0. The third kappa shape index (κ3) is 6.15. The molecule has 0 saturated heterocycles. The maximum atomic E-state index is 6.31. The maximum Gasteiger partial charge on any atom is 0.136 e. The summed E-state index contributed by atoms with van der Waals surface area (Å²) < 4.78 is 6.31. The van der Waals surface area contributed by atoms with Crippen LogP contribution in [0.3, 0.4) is 0 Å². The van der Waals surface area contributed by atoms with Crippen LogP contribution < -0.4 is 4.90 Å². The molecule has 0 atom stereocenters. The van der Waals surface area contributed by atoms with Crippen LogP contribution in [0.5, 0.6) is 0 Å². The quantitative estimate of drug-likeness (QED) is 0.159. The van der Waals surface area contributed by atoms with Crippen LogP contribution in [0.1, 0.15) is 68.6 Å². The van der Waals surface area contributed by atoms with Gasteiger partial charge in [-0.3, -0.25) is 0 Å². The highest BCUT2D eigenvalue weighted by atomic mass is 16.3. The van der Waals surface area contributed by atoms with E-state index in [0.29, 0.717) is 5.92 Å². The van der Waals surface area contributed by atoms with Crippen LogP contribution in [-0.2, 0) is 5.41 Å². The van der Waals surface area contributed by atoms with E-state index in [4.69, 9.17) is 4.42 Å². The first-order valence-corrected chi connectivity index (χ1v) is 22.8. The smallest absolute Gasteiger partial charge is 0.136 e. The molecule has 1 fully saturated rings. The van der Waals surface area contributed by atoms with Crippen LogP contribution in [0, 0.1) is 0 Å². The van der Waals surface area contributed by atoms with E-state index in [1.807, 2.05) is 6.07 Å². The first-order valence-electron chi connectivity index (χ1n) is 22.8. The zero-order chi connectivity index (χ0) is 42.1. The van der Waals surface area contributed by atoms with Crippen molar-refractivity contribution in [3.63, 3.8) is 0 Å². The number of hydrogen-bond acceptors (Lipinski definition) is 2. The lowest BCUT2D eigenvalue weighted by atomic mass is 9.80. The topological polar surface area (TPSA) is 16.4 Å². The minimum absolute atomic E-state index is 0.0523. The summed E-state index contributed by atoms with van der Waals surface area (Å²) in [7, 11) is 0. The van der Waals surface area contributed by atoms with Crippen molar-refractivity contribution in [2.45, 2.75) is 57.3 Å². The van der Waals surface area contributed by atoms with Gasteiger partial charge in [0, 0.05) is 33.1 Å². The SMILES string of the molecule is CC1(C)c2ccccc2-c2c(-c3ccc(N(c4ccc(-c5cccc6oc7ccccc7c56)cc4)c4ccccc4-c4cccc5cccc(C6CCCCC6)c45)cc3)cccc21. The number of rotatable bonds is 7. The second kappa shape index (κ2) is 15.0.